The molecule has 19 heavy (non-hydrogen) atoms. The molecule has 1 aromatic heterocycles. The monoisotopic (exact) mass is 320 g/mol. The van der Waals surface area contributed by atoms with Crippen molar-refractivity contribution in [3.05, 3.63) is 52.0 Å². The Morgan fingerprint density at radius 3 is 3.05 bits per heavy atom. The van der Waals surface area contributed by atoms with E-state index < -0.39 is 0 Å². The quantitative estimate of drug-likeness (QED) is 0.848. The predicted octanol–water partition coefficient (Wildman–Crippen LogP) is 2.21. The van der Waals surface area contributed by atoms with Crippen LogP contribution in [0.25, 0.3) is 6.08 Å². The zero-order chi connectivity index (χ0) is 13.7. The normalized spacial score (nSPS) is 10.8. The van der Waals surface area contributed by atoms with Crippen LogP contribution in [0.4, 0.5) is 0 Å². The molecule has 2 N–H and O–H groups in total. The van der Waals surface area contributed by atoms with Gasteiger partial charge in [-0.1, -0.05) is 28.1 Å². The minimum Gasteiger partial charge on any atom is -0.345 e. The number of carbonyl (C=O) groups excluding carboxylic acids is 1. The smallest absolute Gasteiger partial charge is 0.244 e. The molecule has 0 bridgehead atoms. The van der Waals surface area contributed by atoms with Crippen LogP contribution in [0.2, 0.25) is 0 Å². The molecule has 1 amide bonds. The van der Waals surface area contributed by atoms with Crippen LogP contribution in [0.1, 0.15) is 17.0 Å². The highest BCUT2D eigenvalue weighted by atomic mass is 79.9. The van der Waals surface area contributed by atoms with E-state index in [1.54, 1.807) is 6.08 Å². The maximum Gasteiger partial charge on any atom is 0.244 e. The number of aromatic nitrogens is 3. The number of amides is 1. The third kappa shape index (κ3) is 4.03. The first-order chi connectivity index (χ1) is 9.15. The number of hydrogen-bond donors (Lipinski definition) is 2. The number of aromatic amines is 1. The summed E-state index contributed by atoms with van der Waals surface area (Å²) in [4.78, 5) is 15.5. The fourth-order valence-corrected chi connectivity index (χ4v) is 2.10. The molecule has 0 fully saturated rings. The first-order valence-corrected chi connectivity index (χ1v) is 6.51. The van der Waals surface area contributed by atoms with E-state index in [-0.39, 0.29) is 5.91 Å². The van der Waals surface area contributed by atoms with Gasteiger partial charge in [0.2, 0.25) is 5.91 Å². The molecular weight excluding hydrogens is 308 g/mol. The number of halogens is 1. The molecule has 0 radical (unpaired) electrons. The standard InChI is InChI=1S/C13H13BrN4O/c1-9-2-3-10(11(14)6-9)4-5-13(19)15-7-12-16-8-17-18-12/h2-6,8H,7H2,1H3,(H,15,19)(H,16,17,18)/b5-4+. The zero-order valence-electron chi connectivity index (χ0n) is 10.4. The van der Waals surface area contributed by atoms with Gasteiger partial charge in [0.25, 0.3) is 0 Å². The third-order valence-corrected chi connectivity index (χ3v) is 3.15. The molecule has 0 spiro atoms. The lowest BCUT2D eigenvalue weighted by Crippen LogP contribution is -2.20. The van der Waals surface area contributed by atoms with Crippen molar-refractivity contribution in [1.82, 2.24) is 20.5 Å². The van der Waals surface area contributed by atoms with Crippen molar-refractivity contribution < 1.29 is 4.79 Å². The zero-order valence-corrected chi connectivity index (χ0v) is 11.9. The van der Waals surface area contributed by atoms with Crippen molar-refractivity contribution in [2.24, 2.45) is 0 Å². The highest BCUT2D eigenvalue weighted by Gasteiger charge is 2.00. The minimum atomic E-state index is -0.177. The Hall–Kier alpha value is -1.95. The number of nitrogens with zero attached hydrogens (tertiary/aromatic N) is 2. The van der Waals surface area contributed by atoms with Gasteiger partial charge in [0.05, 0.1) is 6.54 Å². The summed E-state index contributed by atoms with van der Waals surface area (Å²) in [5, 5.41) is 9.09. The molecular formula is C13H13BrN4O. The maximum atomic E-state index is 11.6. The summed E-state index contributed by atoms with van der Waals surface area (Å²) in [6, 6.07) is 5.96. The molecule has 2 aromatic rings. The van der Waals surface area contributed by atoms with Gasteiger partial charge < -0.3 is 5.32 Å². The van der Waals surface area contributed by atoms with Crippen molar-refractivity contribution in [2.45, 2.75) is 13.5 Å². The number of carbonyl (C=O) groups is 1. The number of hydrogen-bond acceptors (Lipinski definition) is 3. The molecule has 0 aliphatic rings. The maximum absolute atomic E-state index is 11.6. The van der Waals surface area contributed by atoms with Crippen LogP contribution in [0.5, 0.6) is 0 Å². The van der Waals surface area contributed by atoms with Crippen LogP contribution in [0.15, 0.2) is 35.1 Å². The molecule has 0 saturated carbocycles. The van der Waals surface area contributed by atoms with E-state index in [1.165, 1.54) is 18.0 Å². The van der Waals surface area contributed by atoms with Gasteiger partial charge in [-0.15, -0.1) is 0 Å². The molecule has 0 unspecified atom stereocenters. The van der Waals surface area contributed by atoms with Crippen LogP contribution in [0, 0.1) is 6.92 Å². The Morgan fingerprint density at radius 1 is 1.53 bits per heavy atom. The van der Waals surface area contributed by atoms with Crippen LogP contribution in [-0.2, 0) is 11.3 Å². The summed E-state index contributed by atoms with van der Waals surface area (Å²) in [6.07, 6.45) is 4.66. The number of H-pyrrole nitrogens is 1. The number of aryl methyl sites for hydroxylation is 1. The number of benzene rings is 1. The van der Waals surface area contributed by atoms with Gasteiger partial charge in [-0.05, 0) is 30.2 Å². The molecule has 1 heterocycles. The minimum absolute atomic E-state index is 0.177. The van der Waals surface area contributed by atoms with E-state index in [0.717, 1.165) is 10.0 Å². The van der Waals surface area contributed by atoms with Crippen molar-refractivity contribution >= 4 is 27.9 Å². The molecule has 5 nitrogen and oxygen atoms in total. The Balaban J connectivity index is 1.92. The average Bonchev–Trinajstić information content (AvgIpc) is 2.88. The SMILES string of the molecule is Cc1ccc(/C=C/C(=O)NCc2ncn[nH]2)c(Br)c1. The second-order valence-corrected chi connectivity index (χ2v) is 4.86. The summed E-state index contributed by atoms with van der Waals surface area (Å²) in [5.74, 6) is 0.446. The van der Waals surface area contributed by atoms with Crippen LogP contribution < -0.4 is 5.32 Å². The summed E-state index contributed by atoms with van der Waals surface area (Å²) in [6.45, 7) is 2.35. The second kappa shape index (κ2) is 6.29. The Kier molecular flexibility index (Phi) is 4.46. The molecule has 0 saturated heterocycles. The van der Waals surface area contributed by atoms with E-state index in [4.69, 9.17) is 0 Å². The van der Waals surface area contributed by atoms with Gasteiger partial charge in [-0.25, -0.2) is 4.98 Å². The molecule has 2 rings (SSSR count). The lowest BCUT2D eigenvalue weighted by atomic mass is 10.1. The molecule has 98 valence electrons. The first-order valence-electron chi connectivity index (χ1n) is 5.71. The summed E-state index contributed by atoms with van der Waals surface area (Å²) < 4.78 is 0.965. The highest BCUT2D eigenvalue weighted by molar-refractivity contribution is 9.10. The molecule has 0 aliphatic carbocycles. The Labute approximate surface area is 119 Å². The van der Waals surface area contributed by atoms with E-state index in [0.29, 0.717) is 12.4 Å². The number of rotatable bonds is 4. The Bertz CT molecular complexity index is 593. The lowest BCUT2D eigenvalue weighted by Gasteiger charge is -2.01. The fraction of sp³-hybridized carbons (Fsp3) is 0.154. The van der Waals surface area contributed by atoms with Crippen molar-refractivity contribution in [3.63, 3.8) is 0 Å². The second-order valence-electron chi connectivity index (χ2n) is 4.01. The number of nitrogens with one attached hydrogen (secondary N) is 2. The van der Waals surface area contributed by atoms with Crippen molar-refractivity contribution in [1.29, 1.82) is 0 Å². The van der Waals surface area contributed by atoms with Gasteiger partial charge in [0.1, 0.15) is 12.2 Å². The molecule has 0 atom stereocenters. The topological polar surface area (TPSA) is 70.7 Å². The van der Waals surface area contributed by atoms with E-state index in [9.17, 15) is 4.79 Å². The first kappa shape index (κ1) is 13.5. The van der Waals surface area contributed by atoms with Crippen molar-refractivity contribution in [3.8, 4) is 0 Å². The Morgan fingerprint density at radius 2 is 2.37 bits per heavy atom. The van der Waals surface area contributed by atoms with Crippen LogP contribution >= 0.6 is 15.9 Å². The van der Waals surface area contributed by atoms with Gasteiger partial charge >= 0.3 is 0 Å². The van der Waals surface area contributed by atoms with Gasteiger partial charge in [-0.3, -0.25) is 9.89 Å². The van der Waals surface area contributed by atoms with Crippen molar-refractivity contribution in [2.75, 3.05) is 0 Å². The third-order valence-electron chi connectivity index (χ3n) is 2.47. The van der Waals surface area contributed by atoms with E-state index in [2.05, 4.69) is 36.4 Å². The van der Waals surface area contributed by atoms with E-state index in [1.807, 2.05) is 25.1 Å². The fourth-order valence-electron chi connectivity index (χ4n) is 1.48. The van der Waals surface area contributed by atoms with Gasteiger partial charge in [-0.2, -0.15) is 5.10 Å². The molecule has 1 aromatic carbocycles. The van der Waals surface area contributed by atoms with Crippen LogP contribution in [0.3, 0.4) is 0 Å². The largest absolute Gasteiger partial charge is 0.345 e. The predicted molar refractivity (Wildman–Crippen MR) is 76.1 cm³/mol. The average molecular weight is 321 g/mol. The van der Waals surface area contributed by atoms with Crippen LogP contribution in [-0.4, -0.2) is 21.1 Å². The van der Waals surface area contributed by atoms with Gasteiger partial charge in [0.15, 0.2) is 0 Å². The summed E-state index contributed by atoms with van der Waals surface area (Å²) in [7, 11) is 0. The van der Waals surface area contributed by atoms with E-state index >= 15 is 0 Å². The lowest BCUT2D eigenvalue weighted by molar-refractivity contribution is -0.116. The van der Waals surface area contributed by atoms with Gasteiger partial charge in [0, 0.05) is 10.5 Å². The molecule has 0 aliphatic heterocycles. The molecule has 6 heteroatoms. The highest BCUT2D eigenvalue weighted by Crippen LogP contribution is 2.19. The summed E-state index contributed by atoms with van der Waals surface area (Å²) >= 11 is 3.46. The summed E-state index contributed by atoms with van der Waals surface area (Å²) in [5.41, 5.74) is 2.12.